The number of piperidine rings is 1. The molecule has 20 heavy (non-hydrogen) atoms. The van der Waals surface area contributed by atoms with Gasteiger partial charge in [-0.15, -0.1) is 0 Å². The van der Waals surface area contributed by atoms with Gasteiger partial charge in [0.15, 0.2) is 0 Å². The minimum Gasteiger partial charge on any atom is -0.396 e. The van der Waals surface area contributed by atoms with Crippen molar-refractivity contribution in [1.29, 1.82) is 0 Å². The van der Waals surface area contributed by atoms with E-state index in [9.17, 15) is 4.79 Å². The number of aliphatic hydroxyl groups is 1. The van der Waals surface area contributed by atoms with Gasteiger partial charge in [-0.1, -0.05) is 0 Å². The fourth-order valence-corrected chi connectivity index (χ4v) is 2.66. The first-order valence-corrected chi connectivity index (χ1v) is 7.14. The van der Waals surface area contributed by atoms with E-state index in [0.29, 0.717) is 12.5 Å². The molecule has 0 spiro atoms. The van der Waals surface area contributed by atoms with Crippen molar-refractivity contribution in [2.24, 2.45) is 13.0 Å². The van der Waals surface area contributed by atoms with Crippen LogP contribution in [-0.4, -0.2) is 51.9 Å². The predicted octanol–water partition coefficient (Wildman–Crippen LogP) is 0.680. The van der Waals surface area contributed by atoms with E-state index in [1.165, 1.54) is 0 Å². The summed E-state index contributed by atoms with van der Waals surface area (Å²) in [4.78, 5) is 14.2. The van der Waals surface area contributed by atoms with E-state index in [4.69, 9.17) is 5.11 Å². The number of carbonyl (C=O) groups is 1. The maximum atomic E-state index is 12.1. The first-order valence-electron chi connectivity index (χ1n) is 7.14. The van der Waals surface area contributed by atoms with Crippen molar-refractivity contribution in [2.45, 2.75) is 26.7 Å². The molecule has 2 heterocycles. The third-order valence-corrected chi connectivity index (χ3v) is 4.11. The Morgan fingerprint density at radius 2 is 2.05 bits per heavy atom. The average Bonchev–Trinajstić information content (AvgIpc) is 2.66. The molecule has 1 saturated heterocycles. The molecule has 1 aliphatic heterocycles. The molecule has 1 fully saturated rings. The predicted molar refractivity (Wildman–Crippen MR) is 77.6 cm³/mol. The minimum absolute atomic E-state index is 0.00616. The fraction of sp³-hybridized carbons (Fsp3) is 0.714. The summed E-state index contributed by atoms with van der Waals surface area (Å²) >= 11 is 0. The molecule has 112 valence electrons. The molecule has 1 aliphatic rings. The van der Waals surface area contributed by atoms with E-state index in [0.717, 1.165) is 43.0 Å². The highest BCUT2D eigenvalue weighted by Crippen LogP contribution is 2.19. The van der Waals surface area contributed by atoms with Crippen LogP contribution in [-0.2, 0) is 11.8 Å². The molecule has 0 saturated carbocycles. The topological polar surface area (TPSA) is 70.4 Å². The summed E-state index contributed by atoms with van der Waals surface area (Å²) < 4.78 is 1.78. The van der Waals surface area contributed by atoms with Crippen LogP contribution in [0.4, 0.5) is 5.69 Å². The lowest BCUT2D eigenvalue weighted by Gasteiger charge is -2.30. The zero-order valence-corrected chi connectivity index (χ0v) is 12.5. The Hall–Kier alpha value is -1.40. The monoisotopic (exact) mass is 280 g/mol. The number of nitrogens with one attached hydrogen (secondary N) is 1. The van der Waals surface area contributed by atoms with Crippen LogP contribution in [0.3, 0.4) is 0 Å². The molecule has 0 radical (unpaired) electrons. The molecule has 1 aromatic rings. The van der Waals surface area contributed by atoms with Gasteiger partial charge >= 0.3 is 0 Å². The Kier molecular flexibility index (Phi) is 4.77. The smallest absolute Gasteiger partial charge is 0.238 e. The van der Waals surface area contributed by atoms with Gasteiger partial charge in [0, 0.05) is 13.7 Å². The molecule has 1 aromatic heterocycles. The molecule has 0 bridgehead atoms. The number of amides is 1. The molecule has 0 unspecified atom stereocenters. The van der Waals surface area contributed by atoms with Crippen LogP contribution in [0.1, 0.15) is 24.2 Å². The van der Waals surface area contributed by atoms with Crippen molar-refractivity contribution in [1.82, 2.24) is 14.7 Å². The van der Waals surface area contributed by atoms with Gasteiger partial charge in [-0.25, -0.2) is 0 Å². The van der Waals surface area contributed by atoms with E-state index in [1.807, 2.05) is 20.9 Å². The SMILES string of the molecule is Cc1nn(C)c(C)c1NC(=O)CN1CCC(CO)CC1. The van der Waals surface area contributed by atoms with Crippen molar-refractivity contribution in [3.05, 3.63) is 11.4 Å². The van der Waals surface area contributed by atoms with Gasteiger partial charge < -0.3 is 10.4 Å². The van der Waals surface area contributed by atoms with Gasteiger partial charge in [0.2, 0.25) is 5.91 Å². The van der Waals surface area contributed by atoms with E-state index >= 15 is 0 Å². The van der Waals surface area contributed by atoms with Crippen molar-refractivity contribution in [3.8, 4) is 0 Å². The van der Waals surface area contributed by atoms with Gasteiger partial charge in [-0.05, 0) is 45.7 Å². The highest BCUT2D eigenvalue weighted by Gasteiger charge is 2.21. The Morgan fingerprint density at radius 1 is 1.40 bits per heavy atom. The Bertz CT molecular complexity index is 476. The molecule has 0 aliphatic carbocycles. The second kappa shape index (κ2) is 6.37. The summed E-state index contributed by atoms with van der Waals surface area (Å²) in [5, 5.41) is 16.4. The van der Waals surface area contributed by atoms with E-state index < -0.39 is 0 Å². The Labute approximate surface area is 119 Å². The van der Waals surface area contributed by atoms with Gasteiger partial charge in [-0.3, -0.25) is 14.4 Å². The first kappa shape index (κ1) is 15.0. The van der Waals surface area contributed by atoms with Gasteiger partial charge in [0.25, 0.3) is 0 Å². The van der Waals surface area contributed by atoms with Crippen LogP contribution in [0.2, 0.25) is 0 Å². The fourth-order valence-electron chi connectivity index (χ4n) is 2.66. The Balaban J connectivity index is 1.87. The third kappa shape index (κ3) is 3.37. The number of hydrogen-bond donors (Lipinski definition) is 2. The van der Waals surface area contributed by atoms with Crippen LogP contribution in [0.25, 0.3) is 0 Å². The molecular weight excluding hydrogens is 256 g/mol. The summed E-state index contributed by atoms with van der Waals surface area (Å²) in [6, 6.07) is 0. The first-order chi connectivity index (χ1) is 9.51. The lowest BCUT2D eigenvalue weighted by Crippen LogP contribution is -2.39. The minimum atomic E-state index is 0.00616. The van der Waals surface area contributed by atoms with Gasteiger partial charge in [0.05, 0.1) is 23.6 Å². The van der Waals surface area contributed by atoms with Crippen LogP contribution in [0.15, 0.2) is 0 Å². The second-order valence-electron chi connectivity index (χ2n) is 5.62. The number of aromatic nitrogens is 2. The van der Waals surface area contributed by atoms with E-state index in [1.54, 1.807) is 4.68 Å². The average molecular weight is 280 g/mol. The number of aliphatic hydroxyl groups excluding tert-OH is 1. The Morgan fingerprint density at radius 3 is 2.55 bits per heavy atom. The highest BCUT2D eigenvalue weighted by atomic mass is 16.3. The van der Waals surface area contributed by atoms with Crippen molar-refractivity contribution in [2.75, 3.05) is 31.6 Å². The number of carbonyl (C=O) groups excluding carboxylic acids is 1. The molecule has 0 aromatic carbocycles. The number of hydrogen-bond acceptors (Lipinski definition) is 4. The zero-order chi connectivity index (χ0) is 14.7. The third-order valence-electron chi connectivity index (χ3n) is 4.11. The zero-order valence-electron chi connectivity index (χ0n) is 12.5. The van der Waals surface area contributed by atoms with Crippen LogP contribution < -0.4 is 5.32 Å². The summed E-state index contributed by atoms with van der Waals surface area (Å²) in [7, 11) is 1.87. The standard InChI is InChI=1S/C14H24N4O2/c1-10-14(11(2)17(3)16-10)15-13(20)8-18-6-4-12(9-19)5-7-18/h12,19H,4-9H2,1-3H3,(H,15,20). The van der Waals surface area contributed by atoms with E-state index in [-0.39, 0.29) is 12.5 Å². The molecule has 1 amide bonds. The van der Waals surface area contributed by atoms with Crippen molar-refractivity contribution >= 4 is 11.6 Å². The summed E-state index contributed by atoms with van der Waals surface area (Å²) in [6.45, 7) is 6.27. The van der Waals surface area contributed by atoms with Crippen LogP contribution in [0.5, 0.6) is 0 Å². The normalized spacial score (nSPS) is 17.4. The number of aryl methyl sites for hydroxylation is 2. The summed E-state index contributed by atoms with van der Waals surface area (Å²) in [5.74, 6) is 0.406. The molecule has 6 nitrogen and oxygen atoms in total. The van der Waals surface area contributed by atoms with Crippen molar-refractivity contribution in [3.63, 3.8) is 0 Å². The van der Waals surface area contributed by atoms with Gasteiger partial charge in [-0.2, -0.15) is 5.10 Å². The number of rotatable bonds is 4. The largest absolute Gasteiger partial charge is 0.396 e. The lowest BCUT2D eigenvalue weighted by atomic mass is 9.98. The molecule has 0 atom stereocenters. The highest BCUT2D eigenvalue weighted by molar-refractivity contribution is 5.93. The summed E-state index contributed by atoms with van der Waals surface area (Å²) in [6.07, 6.45) is 1.93. The maximum absolute atomic E-state index is 12.1. The maximum Gasteiger partial charge on any atom is 0.238 e. The number of likely N-dealkylation sites (tertiary alicyclic amines) is 1. The number of nitrogens with zero attached hydrogens (tertiary/aromatic N) is 3. The van der Waals surface area contributed by atoms with Gasteiger partial charge in [0.1, 0.15) is 0 Å². The van der Waals surface area contributed by atoms with E-state index in [2.05, 4.69) is 15.3 Å². The number of anilines is 1. The summed E-state index contributed by atoms with van der Waals surface area (Å²) in [5.41, 5.74) is 2.63. The lowest BCUT2D eigenvalue weighted by molar-refractivity contribution is -0.117. The molecular formula is C14H24N4O2. The quantitative estimate of drug-likeness (QED) is 0.851. The van der Waals surface area contributed by atoms with Crippen LogP contribution in [0, 0.1) is 19.8 Å². The van der Waals surface area contributed by atoms with Crippen molar-refractivity contribution < 1.29 is 9.90 Å². The molecule has 2 N–H and O–H groups in total. The molecule has 2 rings (SSSR count). The molecule has 6 heteroatoms. The second-order valence-corrected chi connectivity index (χ2v) is 5.62. The van der Waals surface area contributed by atoms with Crippen LogP contribution >= 0.6 is 0 Å².